The van der Waals surface area contributed by atoms with E-state index in [-0.39, 0.29) is 25.9 Å². The molecule has 0 unspecified atom stereocenters. The molecule has 0 aliphatic carbocycles. The molecule has 0 radical (unpaired) electrons. The summed E-state index contributed by atoms with van der Waals surface area (Å²) in [4.78, 5) is 24.5. The minimum atomic E-state index is -1.27. The molecule has 23 heavy (non-hydrogen) atoms. The van der Waals surface area contributed by atoms with Gasteiger partial charge in [-0.1, -0.05) is 29.3 Å². The first kappa shape index (κ1) is 18.0. The van der Waals surface area contributed by atoms with E-state index in [9.17, 15) is 9.59 Å². The average Bonchev–Trinajstić information content (AvgIpc) is 2.51. The van der Waals surface area contributed by atoms with Crippen molar-refractivity contribution in [3.63, 3.8) is 0 Å². The molecule has 0 spiro atoms. The fourth-order valence-electron chi connectivity index (χ4n) is 2.39. The highest BCUT2D eigenvalue weighted by atomic mass is 35.5. The van der Waals surface area contributed by atoms with Gasteiger partial charge < -0.3 is 14.2 Å². The van der Waals surface area contributed by atoms with Crippen molar-refractivity contribution < 1.29 is 23.8 Å². The number of benzene rings is 1. The summed E-state index contributed by atoms with van der Waals surface area (Å²) in [7, 11) is 0. The fraction of sp³-hybridized carbons (Fsp3) is 0.500. The lowest BCUT2D eigenvalue weighted by Crippen LogP contribution is -2.49. The second-order valence-corrected chi connectivity index (χ2v) is 6.06. The summed E-state index contributed by atoms with van der Waals surface area (Å²) < 4.78 is 15.8. The minimum absolute atomic E-state index is 0.0436. The minimum Gasteiger partial charge on any atom is -0.463 e. The van der Waals surface area contributed by atoms with Crippen LogP contribution < -0.4 is 0 Å². The summed E-state index contributed by atoms with van der Waals surface area (Å²) in [5.74, 6) is -1.07. The van der Waals surface area contributed by atoms with Crippen molar-refractivity contribution in [2.24, 2.45) is 0 Å². The Kier molecular flexibility index (Phi) is 6.27. The van der Waals surface area contributed by atoms with E-state index < -0.39 is 17.5 Å². The van der Waals surface area contributed by atoms with Gasteiger partial charge in [0.25, 0.3) is 0 Å². The quantitative estimate of drug-likeness (QED) is 0.754. The second kappa shape index (κ2) is 7.99. The molecule has 1 aromatic carbocycles. The molecule has 1 aliphatic rings. The van der Waals surface area contributed by atoms with Crippen LogP contribution in [0.3, 0.4) is 0 Å². The predicted molar refractivity (Wildman–Crippen MR) is 85.7 cm³/mol. The normalized spacial score (nSPS) is 16.7. The van der Waals surface area contributed by atoms with Crippen LogP contribution in [0.4, 0.5) is 0 Å². The Labute approximate surface area is 144 Å². The van der Waals surface area contributed by atoms with Gasteiger partial charge in [-0.2, -0.15) is 0 Å². The highest BCUT2D eigenvalue weighted by Crippen LogP contribution is 2.28. The zero-order chi connectivity index (χ0) is 16.9. The number of carbonyl (C=O) groups is 2. The maximum Gasteiger partial charge on any atom is 0.350 e. The molecule has 1 heterocycles. The third-order valence-electron chi connectivity index (χ3n) is 3.61. The maximum absolute atomic E-state index is 12.3. The monoisotopic (exact) mass is 360 g/mol. The van der Waals surface area contributed by atoms with Crippen molar-refractivity contribution in [3.05, 3.63) is 33.8 Å². The van der Waals surface area contributed by atoms with Crippen LogP contribution in [0.1, 0.15) is 25.3 Å². The van der Waals surface area contributed by atoms with Crippen molar-refractivity contribution in [1.82, 2.24) is 0 Å². The molecule has 5 nitrogen and oxygen atoms in total. The van der Waals surface area contributed by atoms with E-state index in [1.807, 2.05) is 0 Å². The zero-order valence-corrected chi connectivity index (χ0v) is 14.3. The average molecular weight is 361 g/mol. The van der Waals surface area contributed by atoms with E-state index in [1.54, 1.807) is 25.1 Å². The van der Waals surface area contributed by atoms with Gasteiger partial charge in [0.2, 0.25) is 5.60 Å². The van der Waals surface area contributed by atoms with Crippen LogP contribution in [-0.4, -0.2) is 37.4 Å². The first-order valence-corrected chi connectivity index (χ1v) is 8.13. The van der Waals surface area contributed by atoms with Gasteiger partial charge in [-0.25, -0.2) is 4.79 Å². The molecule has 2 rings (SSSR count). The highest BCUT2D eigenvalue weighted by Gasteiger charge is 2.45. The number of rotatable bonds is 5. The molecular formula is C16H18Cl2O5. The van der Waals surface area contributed by atoms with E-state index in [0.29, 0.717) is 28.8 Å². The summed E-state index contributed by atoms with van der Waals surface area (Å²) in [5.41, 5.74) is -0.684. The van der Waals surface area contributed by atoms with Gasteiger partial charge in [0.15, 0.2) is 0 Å². The predicted octanol–water partition coefficient (Wildman–Crippen LogP) is 3.19. The number of ether oxygens (including phenoxy) is 3. The lowest BCUT2D eigenvalue weighted by atomic mass is 9.94. The van der Waals surface area contributed by atoms with Gasteiger partial charge in [-0.15, -0.1) is 0 Å². The van der Waals surface area contributed by atoms with Gasteiger partial charge in [0, 0.05) is 22.9 Å². The van der Waals surface area contributed by atoms with Crippen LogP contribution in [0, 0.1) is 0 Å². The number of hydrogen-bond donors (Lipinski definition) is 0. The molecule has 0 amide bonds. The molecule has 7 heteroatoms. The molecule has 0 N–H and O–H groups in total. The van der Waals surface area contributed by atoms with Crippen molar-refractivity contribution in [3.8, 4) is 0 Å². The summed E-state index contributed by atoms with van der Waals surface area (Å²) in [6.07, 6.45) is 0.524. The first-order chi connectivity index (χ1) is 11.0. The zero-order valence-electron chi connectivity index (χ0n) is 12.8. The van der Waals surface area contributed by atoms with Crippen LogP contribution in [0.5, 0.6) is 0 Å². The Morgan fingerprint density at radius 3 is 2.57 bits per heavy atom. The number of halogens is 2. The lowest BCUT2D eigenvalue weighted by Gasteiger charge is -2.34. The van der Waals surface area contributed by atoms with Gasteiger partial charge >= 0.3 is 11.9 Å². The van der Waals surface area contributed by atoms with Crippen LogP contribution in [0.25, 0.3) is 0 Å². The molecule has 0 atom stereocenters. The van der Waals surface area contributed by atoms with Crippen LogP contribution in [-0.2, 0) is 30.2 Å². The fourth-order valence-corrected chi connectivity index (χ4v) is 2.86. The molecule has 0 aromatic heterocycles. The van der Waals surface area contributed by atoms with Crippen molar-refractivity contribution in [2.75, 3.05) is 19.8 Å². The molecule has 1 aromatic rings. The van der Waals surface area contributed by atoms with Gasteiger partial charge in [0.05, 0.1) is 26.2 Å². The van der Waals surface area contributed by atoms with Crippen LogP contribution in [0.15, 0.2) is 18.2 Å². The number of hydrogen-bond acceptors (Lipinski definition) is 5. The van der Waals surface area contributed by atoms with Crippen LogP contribution in [0.2, 0.25) is 10.0 Å². The molecule has 0 bridgehead atoms. The summed E-state index contributed by atoms with van der Waals surface area (Å²) in [6, 6.07) is 4.86. The largest absolute Gasteiger partial charge is 0.463 e. The number of esters is 2. The second-order valence-electron chi connectivity index (χ2n) is 5.21. The Balaban J connectivity index is 2.09. The number of carbonyl (C=O) groups excluding carboxylic acids is 2. The maximum atomic E-state index is 12.3. The standard InChI is InChI=1S/C16H18Cl2O5/c1-2-22-15(20)16(5-7-21-8-6-16)23-14(19)9-11-3-4-12(17)10-13(11)18/h3-4,10H,2,5-9H2,1H3. The SMILES string of the molecule is CCOC(=O)C1(OC(=O)Cc2ccc(Cl)cc2Cl)CCOCC1. The third kappa shape index (κ3) is 4.59. The first-order valence-electron chi connectivity index (χ1n) is 7.37. The topological polar surface area (TPSA) is 61.8 Å². The molecule has 126 valence electrons. The van der Waals surface area contributed by atoms with E-state index in [1.165, 1.54) is 0 Å². The molecular weight excluding hydrogens is 343 g/mol. The van der Waals surface area contributed by atoms with Crippen molar-refractivity contribution in [1.29, 1.82) is 0 Å². The van der Waals surface area contributed by atoms with Crippen molar-refractivity contribution in [2.45, 2.75) is 31.8 Å². The van der Waals surface area contributed by atoms with Crippen LogP contribution >= 0.6 is 23.2 Å². The molecule has 1 aliphatic heterocycles. The molecule has 1 fully saturated rings. The lowest BCUT2D eigenvalue weighted by molar-refractivity contribution is -0.192. The molecule has 1 saturated heterocycles. The van der Waals surface area contributed by atoms with Gasteiger partial charge in [-0.3, -0.25) is 4.79 Å². The summed E-state index contributed by atoms with van der Waals surface area (Å²) in [5, 5.41) is 0.867. The Hall–Kier alpha value is -1.30. The smallest absolute Gasteiger partial charge is 0.350 e. The molecule has 0 saturated carbocycles. The van der Waals surface area contributed by atoms with E-state index in [4.69, 9.17) is 37.4 Å². The summed E-state index contributed by atoms with van der Waals surface area (Å²) >= 11 is 11.9. The van der Waals surface area contributed by atoms with E-state index in [2.05, 4.69) is 0 Å². The Morgan fingerprint density at radius 2 is 1.96 bits per heavy atom. The van der Waals surface area contributed by atoms with E-state index in [0.717, 1.165) is 0 Å². The van der Waals surface area contributed by atoms with Gasteiger partial charge in [0.1, 0.15) is 0 Å². The van der Waals surface area contributed by atoms with E-state index >= 15 is 0 Å². The van der Waals surface area contributed by atoms with Gasteiger partial charge in [-0.05, 0) is 24.6 Å². The highest BCUT2D eigenvalue weighted by molar-refractivity contribution is 6.35. The van der Waals surface area contributed by atoms with Crippen molar-refractivity contribution >= 4 is 35.1 Å². The Morgan fingerprint density at radius 1 is 1.26 bits per heavy atom. The Bertz CT molecular complexity index is 582. The third-order valence-corrected chi connectivity index (χ3v) is 4.19. The summed E-state index contributed by atoms with van der Waals surface area (Å²) in [6.45, 7) is 2.61.